The van der Waals surface area contributed by atoms with Crippen LogP contribution >= 0.6 is 0 Å². The van der Waals surface area contributed by atoms with E-state index in [2.05, 4.69) is 16.0 Å². The second-order valence-electron chi connectivity index (χ2n) is 5.51. The Bertz CT molecular complexity index is 524. The SMILES string of the molecule is CCNC(=O)c1ccc(NC(=O)CNCC2CC2)c(C)c1. The second-order valence-corrected chi connectivity index (χ2v) is 5.51. The molecule has 0 unspecified atom stereocenters. The number of anilines is 1. The van der Waals surface area contributed by atoms with E-state index in [1.807, 2.05) is 13.8 Å². The number of benzene rings is 1. The van der Waals surface area contributed by atoms with Crippen LogP contribution in [0.1, 0.15) is 35.7 Å². The molecule has 1 aromatic rings. The number of hydrogen-bond acceptors (Lipinski definition) is 3. The maximum absolute atomic E-state index is 11.8. The van der Waals surface area contributed by atoms with E-state index in [1.54, 1.807) is 18.2 Å². The summed E-state index contributed by atoms with van der Waals surface area (Å²) in [6.45, 7) is 5.61. The molecule has 0 bridgehead atoms. The Balaban J connectivity index is 1.87. The smallest absolute Gasteiger partial charge is 0.251 e. The molecule has 1 fully saturated rings. The zero-order valence-electron chi connectivity index (χ0n) is 12.7. The van der Waals surface area contributed by atoms with Crippen molar-refractivity contribution in [1.29, 1.82) is 0 Å². The molecule has 0 spiro atoms. The van der Waals surface area contributed by atoms with Gasteiger partial charge in [0.15, 0.2) is 0 Å². The molecule has 5 nitrogen and oxygen atoms in total. The number of carbonyl (C=O) groups excluding carboxylic acids is 2. The molecule has 0 radical (unpaired) electrons. The predicted molar refractivity (Wildman–Crippen MR) is 83.4 cm³/mol. The van der Waals surface area contributed by atoms with E-state index in [0.717, 1.165) is 23.7 Å². The molecule has 2 amide bonds. The Morgan fingerprint density at radius 1 is 1.29 bits per heavy atom. The summed E-state index contributed by atoms with van der Waals surface area (Å²) in [5.41, 5.74) is 2.25. The van der Waals surface area contributed by atoms with Crippen LogP contribution in [-0.4, -0.2) is 31.4 Å². The van der Waals surface area contributed by atoms with E-state index >= 15 is 0 Å². The van der Waals surface area contributed by atoms with Crippen molar-refractivity contribution in [1.82, 2.24) is 10.6 Å². The first-order valence-electron chi connectivity index (χ1n) is 7.49. The zero-order chi connectivity index (χ0) is 15.2. The fraction of sp³-hybridized carbons (Fsp3) is 0.500. The molecule has 2 rings (SSSR count). The van der Waals surface area contributed by atoms with Crippen molar-refractivity contribution in [2.45, 2.75) is 26.7 Å². The van der Waals surface area contributed by atoms with Crippen LogP contribution in [0.25, 0.3) is 0 Å². The normalized spacial score (nSPS) is 13.8. The Labute approximate surface area is 125 Å². The lowest BCUT2D eigenvalue weighted by Crippen LogP contribution is -2.29. The highest BCUT2D eigenvalue weighted by Crippen LogP contribution is 2.27. The number of amides is 2. The molecule has 1 aliphatic rings. The largest absolute Gasteiger partial charge is 0.352 e. The molecule has 21 heavy (non-hydrogen) atoms. The highest BCUT2D eigenvalue weighted by Gasteiger charge is 2.20. The molecule has 0 aliphatic heterocycles. The Kier molecular flexibility index (Phi) is 5.33. The fourth-order valence-electron chi connectivity index (χ4n) is 2.11. The number of hydrogen-bond donors (Lipinski definition) is 3. The van der Waals surface area contributed by atoms with Gasteiger partial charge in [0.2, 0.25) is 5.91 Å². The van der Waals surface area contributed by atoms with E-state index < -0.39 is 0 Å². The monoisotopic (exact) mass is 289 g/mol. The third-order valence-corrected chi connectivity index (χ3v) is 3.52. The lowest BCUT2D eigenvalue weighted by Gasteiger charge is -2.10. The van der Waals surface area contributed by atoms with Crippen LogP contribution in [0, 0.1) is 12.8 Å². The molecule has 5 heteroatoms. The molecule has 114 valence electrons. The van der Waals surface area contributed by atoms with Crippen LogP contribution in [0.2, 0.25) is 0 Å². The number of rotatable bonds is 7. The van der Waals surface area contributed by atoms with E-state index in [0.29, 0.717) is 18.7 Å². The van der Waals surface area contributed by atoms with Crippen LogP contribution in [0.3, 0.4) is 0 Å². The van der Waals surface area contributed by atoms with Gasteiger partial charge in [0.1, 0.15) is 0 Å². The topological polar surface area (TPSA) is 70.2 Å². The van der Waals surface area contributed by atoms with Gasteiger partial charge in [-0.25, -0.2) is 0 Å². The molecule has 1 aromatic carbocycles. The van der Waals surface area contributed by atoms with Crippen molar-refractivity contribution in [3.63, 3.8) is 0 Å². The van der Waals surface area contributed by atoms with Gasteiger partial charge in [0.25, 0.3) is 5.91 Å². The molecular formula is C16H23N3O2. The maximum Gasteiger partial charge on any atom is 0.251 e. The Hall–Kier alpha value is -1.88. The molecule has 1 aliphatic carbocycles. The average Bonchev–Trinajstić information content (AvgIpc) is 3.25. The lowest BCUT2D eigenvalue weighted by molar-refractivity contribution is -0.115. The van der Waals surface area contributed by atoms with Gasteiger partial charge < -0.3 is 16.0 Å². The van der Waals surface area contributed by atoms with Crippen molar-refractivity contribution < 1.29 is 9.59 Å². The predicted octanol–water partition coefficient (Wildman–Crippen LogP) is 1.68. The number of nitrogens with one attached hydrogen (secondary N) is 3. The van der Waals surface area contributed by atoms with Crippen molar-refractivity contribution >= 4 is 17.5 Å². The van der Waals surface area contributed by atoms with Crippen molar-refractivity contribution in [3.05, 3.63) is 29.3 Å². The van der Waals surface area contributed by atoms with Crippen LogP contribution in [0.5, 0.6) is 0 Å². The molecule has 1 saturated carbocycles. The first-order valence-corrected chi connectivity index (χ1v) is 7.49. The summed E-state index contributed by atoms with van der Waals surface area (Å²) in [5, 5.41) is 8.78. The van der Waals surface area contributed by atoms with Gasteiger partial charge in [-0.1, -0.05) is 0 Å². The summed E-state index contributed by atoms with van der Waals surface area (Å²) in [6, 6.07) is 5.29. The summed E-state index contributed by atoms with van der Waals surface area (Å²) in [6.07, 6.45) is 2.55. The maximum atomic E-state index is 11.8. The fourth-order valence-corrected chi connectivity index (χ4v) is 2.11. The number of carbonyl (C=O) groups is 2. The molecule has 0 heterocycles. The lowest BCUT2D eigenvalue weighted by atomic mass is 10.1. The summed E-state index contributed by atoms with van der Waals surface area (Å²) < 4.78 is 0. The van der Waals surface area contributed by atoms with Crippen molar-refractivity contribution in [3.8, 4) is 0 Å². The summed E-state index contributed by atoms with van der Waals surface area (Å²) in [4.78, 5) is 23.6. The minimum atomic E-state index is -0.0930. The zero-order valence-corrected chi connectivity index (χ0v) is 12.7. The van der Waals surface area contributed by atoms with E-state index in [9.17, 15) is 9.59 Å². The van der Waals surface area contributed by atoms with Gasteiger partial charge in [-0.2, -0.15) is 0 Å². The highest BCUT2D eigenvalue weighted by molar-refractivity contribution is 5.96. The van der Waals surface area contributed by atoms with Gasteiger partial charge in [0, 0.05) is 17.8 Å². The molecular weight excluding hydrogens is 266 g/mol. The molecule has 3 N–H and O–H groups in total. The van der Waals surface area contributed by atoms with E-state index in [1.165, 1.54) is 12.8 Å². The minimum absolute atomic E-state index is 0.0514. The van der Waals surface area contributed by atoms with Gasteiger partial charge in [0.05, 0.1) is 6.54 Å². The first kappa shape index (κ1) is 15.5. The highest BCUT2D eigenvalue weighted by atomic mass is 16.2. The quantitative estimate of drug-likeness (QED) is 0.715. The van der Waals surface area contributed by atoms with Crippen LogP contribution in [0.15, 0.2) is 18.2 Å². The van der Waals surface area contributed by atoms with Crippen molar-refractivity contribution in [2.75, 3.05) is 25.0 Å². The van der Waals surface area contributed by atoms with Crippen LogP contribution < -0.4 is 16.0 Å². The third-order valence-electron chi connectivity index (χ3n) is 3.52. The van der Waals surface area contributed by atoms with Crippen molar-refractivity contribution in [2.24, 2.45) is 5.92 Å². The summed E-state index contributed by atoms with van der Waals surface area (Å²) >= 11 is 0. The first-order chi connectivity index (χ1) is 10.1. The standard InChI is InChI=1S/C16H23N3O2/c1-3-18-16(21)13-6-7-14(11(2)8-13)19-15(20)10-17-9-12-4-5-12/h6-8,12,17H,3-5,9-10H2,1-2H3,(H,18,21)(H,19,20). The molecule has 0 atom stereocenters. The van der Waals surface area contributed by atoms with Gasteiger partial charge in [-0.15, -0.1) is 0 Å². The number of aryl methyl sites for hydroxylation is 1. The van der Waals surface area contributed by atoms with Gasteiger partial charge in [-0.05, 0) is 62.9 Å². The van der Waals surface area contributed by atoms with E-state index in [4.69, 9.17) is 0 Å². The van der Waals surface area contributed by atoms with Gasteiger partial charge >= 0.3 is 0 Å². The Morgan fingerprint density at radius 3 is 2.67 bits per heavy atom. The average molecular weight is 289 g/mol. The molecule has 0 aromatic heterocycles. The van der Waals surface area contributed by atoms with Crippen LogP contribution in [0.4, 0.5) is 5.69 Å². The summed E-state index contributed by atoms with van der Waals surface area (Å²) in [7, 11) is 0. The second kappa shape index (κ2) is 7.22. The minimum Gasteiger partial charge on any atom is -0.352 e. The van der Waals surface area contributed by atoms with Gasteiger partial charge in [-0.3, -0.25) is 9.59 Å². The third kappa shape index (κ3) is 4.86. The Morgan fingerprint density at radius 2 is 2.05 bits per heavy atom. The summed E-state index contributed by atoms with van der Waals surface area (Å²) in [5.74, 6) is 0.616. The molecule has 0 saturated heterocycles. The van der Waals surface area contributed by atoms with E-state index in [-0.39, 0.29) is 11.8 Å². The van der Waals surface area contributed by atoms with Crippen LogP contribution in [-0.2, 0) is 4.79 Å².